The standard InChI is InChI=1S/C21H20N6OS/c22-20-24-19(15-11-23-16-7-3-2-6-14(15)16)25-21(26-20)29-12-18(28)27-10-9-13-5-1-4-8-17(13)27/h1-8,11,19,23H,9-10,12H2,(H3,22,24,25,26). The number of hydrogen-bond donors (Lipinski definition) is 3. The summed E-state index contributed by atoms with van der Waals surface area (Å²) >= 11 is 1.35. The number of rotatable bonds is 3. The highest BCUT2D eigenvalue weighted by atomic mass is 32.2. The molecule has 3 aromatic rings. The minimum absolute atomic E-state index is 0.0641. The van der Waals surface area contributed by atoms with Crippen molar-refractivity contribution in [2.24, 2.45) is 15.7 Å². The highest BCUT2D eigenvalue weighted by Gasteiger charge is 2.25. The van der Waals surface area contributed by atoms with Crippen molar-refractivity contribution in [3.8, 4) is 0 Å². The van der Waals surface area contributed by atoms with Gasteiger partial charge in [-0.25, -0.2) is 9.98 Å². The van der Waals surface area contributed by atoms with Crippen molar-refractivity contribution >= 4 is 45.4 Å². The SMILES string of the molecule is NC1=NC(c2c[nH]c3ccccc23)N=C(SCC(=O)N2CCc3ccccc32)N1. The number of fused-ring (bicyclic) bond motifs is 2. The number of amides is 1. The molecule has 1 unspecified atom stereocenters. The highest BCUT2D eigenvalue weighted by molar-refractivity contribution is 8.14. The predicted molar refractivity (Wildman–Crippen MR) is 118 cm³/mol. The van der Waals surface area contributed by atoms with Gasteiger partial charge in [0, 0.05) is 34.9 Å². The zero-order valence-electron chi connectivity index (χ0n) is 15.6. The van der Waals surface area contributed by atoms with Gasteiger partial charge in [-0.2, -0.15) is 0 Å². The topological polar surface area (TPSA) is 98.9 Å². The number of thioether (sulfide) groups is 1. The van der Waals surface area contributed by atoms with Crippen molar-refractivity contribution in [2.45, 2.75) is 12.6 Å². The number of nitrogens with two attached hydrogens (primary N) is 1. The molecular formula is C21H20N6OS. The minimum atomic E-state index is -0.433. The Balaban J connectivity index is 1.32. The van der Waals surface area contributed by atoms with E-state index < -0.39 is 6.17 Å². The smallest absolute Gasteiger partial charge is 0.237 e. The number of anilines is 1. The fourth-order valence-corrected chi connectivity index (χ4v) is 4.54. The number of aromatic amines is 1. The van der Waals surface area contributed by atoms with Crippen LogP contribution in [0.3, 0.4) is 0 Å². The summed E-state index contributed by atoms with van der Waals surface area (Å²) in [6, 6.07) is 16.1. The van der Waals surface area contributed by atoms with Gasteiger partial charge in [-0.1, -0.05) is 48.2 Å². The van der Waals surface area contributed by atoms with Gasteiger partial charge in [0.2, 0.25) is 5.91 Å². The summed E-state index contributed by atoms with van der Waals surface area (Å²) in [7, 11) is 0. The fourth-order valence-electron chi connectivity index (χ4n) is 3.77. The van der Waals surface area contributed by atoms with Gasteiger partial charge in [-0.05, 0) is 24.1 Å². The molecule has 0 fully saturated rings. The van der Waals surface area contributed by atoms with E-state index in [0.29, 0.717) is 11.1 Å². The molecule has 8 heteroatoms. The Labute approximate surface area is 172 Å². The molecule has 0 saturated carbocycles. The summed E-state index contributed by atoms with van der Waals surface area (Å²) < 4.78 is 0. The Morgan fingerprint density at radius 1 is 1.17 bits per heavy atom. The van der Waals surface area contributed by atoms with Crippen molar-refractivity contribution in [3.05, 3.63) is 65.9 Å². The van der Waals surface area contributed by atoms with Crippen LogP contribution < -0.4 is 16.0 Å². The first-order chi connectivity index (χ1) is 14.2. The molecule has 3 heterocycles. The first-order valence-electron chi connectivity index (χ1n) is 9.44. The molecule has 0 saturated heterocycles. The number of para-hydroxylation sites is 2. The van der Waals surface area contributed by atoms with Crippen LogP contribution in [-0.2, 0) is 11.2 Å². The van der Waals surface area contributed by atoms with Gasteiger partial charge in [0.05, 0.1) is 5.75 Å². The van der Waals surface area contributed by atoms with E-state index in [-0.39, 0.29) is 11.7 Å². The first-order valence-corrected chi connectivity index (χ1v) is 10.4. The average Bonchev–Trinajstić information content (AvgIpc) is 3.36. The van der Waals surface area contributed by atoms with Gasteiger partial charge in [-0.15, -0.1) is 0 Å². The lowest BCUT2D eigenvalue weighted by Crippen LogP contribution is -2.39. The normalized spacial score (nSPS) is 18.2. The van der Waals surface area contributed by atoms with Crippen molar-refractivity contribution < 1.29 is 4.79 Å². The Bertz CT molecular complexity index is 1150. The summed E-state index contributed by atoms with van der Waals surface area (Å²) in [5.74, 6) is 0.652. The molecule has 1 amide bonds. The van der Waals surface area contributed by atoms with Crippen molar-refractivity contribution in [3.63, 3.8) is 0 Å². The molecule has 0 spiro atoms. The summed E-state index contributed by atoms with van der Waals surface area (Å²) in [4.78, 5) is 27.0. The lowest BCUT2D eigenvalue weighted by Gasteiger charge is -2.20. The van der Waals surface area contributed by atoms with Crippen LogP contribution in [0.1, 0.15) is 17.3 Å². The van der Waals surface area contributed by atoms with Crippen molar-refractivity contribution in [1.29, 1.82) is 0 Å². The molecule has 0 aliphatic carbocycles. The second-order valence-electron chi connectivity index (χ2n) is 6.95. The summed E-state index contributed by atoms with van der Waals surface area (Å²) in [5.41, 5.74) is 10.2. The number of nitrogens with zero attached hydrogens (tertiary/aromatic N) is 3. The molecule has 146 valence electrons. The Morgan fingerprint density at radius 3 is 2.93 bits per heavy atom. The van der Waals surface area contributed by atoms with Crippen molar-refractivity contribution in [2.75, 3.05) is 17.2 Å². The van der Waals surface area contributed by atoms with Crippen LogP contribution in [-0.4, -0.2) is 34.3 Å². The number of aromatic nitrogens is 1. The zero-order valence-corrected chi connectivity index (χ0v) is 16.4. The van der Waals surface area contributed by atoms with E-state index in [1.165, 1.54) is 17.3 Å². The van der Waals surface area contributed by atoms with Gasteiger partial charge in [-0.3, -0.25) is 4.79 Å². The fraction of sp³-hybridized carbons (Fsp3) is 0.190. The Hall–Kier alpha value is -3.26. The summed E-state index contributed by atoms with van der Waals surface area (Å²) in [6.45, 7) is 0.722. The minimum Gasteiger partial charge on any atom is -0.370 e. The maximum absolute atomic E-state index is 12.8. The van der Waals surface area contributed by atoms with E-state index in [0.717, 1.165) is 35.1 Å². The third-order valence-corrected chi connectivity index (χ3v) is 6.03. The van der Waals surface area contributed by atoms with Crippen LogP contribution >= 0.6 is 11.8 Å². The number of amidine groups is 1. The lowest BCUT2D eigenvalue weighted by molar-refractivity contribution is -0.116. The highest BCUT2D eigenvalue weighted by Crippen LogP contribution is 2.30. The maximum atomic E-state index is 12.8. The van der Waals surface area contributed by atoms with E-state index >= 15 is 0 Å². The molecule has 5 rings (SSSR count). The second kappa shape index (κ2) is 7.29. The monoisotopic (exact) mass is 404 g/mol. The number of H-pyrrole nitrogens is 1. The number of hydrogen-bond acceptors (Lipinski definition) is 6. The molecule has 4 N–H and O–H groups in total. The molecule has 1 aromatic heterocycles. The molecule has 7 nitrogen and oxygen atoms in total. The van der Waals surface area contributed by atoms with Crippen LogP contribution in [0.2, 0.25) is 0 Å². The number of carbonyl (C=O) groups is 1. The predicted octanol–water partition coefficient (Wildman–Crippen LogP) is 2.76. The van der Waals surface area contributed by atoms with Crippen LogP contribution in [0, 0.1) is 0 Å². The Morgan fingerprint density at radius 2 is 2.00 bits per heavy atom. The van der Waals surface area contributed by atoms with E-state index in [9.17, 15) is 4.79 Å². The largest absolute Gasteiger partial charge is 0.370 e. The molecule has 29 heavy (non-hydrogen) atoms. The van der Waals surface area contributed by atoms with Gasteiger partial charge >= 0.3 is 0 Å². The molecule has 2 aromatic carbocycles. The number of nitrogens with one attached hydrogen (secondary N) is 2. The van der Waals surface area contributed by atoms with Gasteiger partial charge in [0.15, 0.2) is 17.3 Å². The van der Waals surface area contributed by atoms with Crippen molar-refractivity contribution in [1.82, 2.24) is 10.3 Å². The summed E-state index contributed by atoms with van der Waals surface area (Å²) in [6.07, 6.45) is 2.38. The van der Waals surface area contributed by atoms with Crippen LogP contribution in [0.15, 0.2) is 64.7 Å². The zero-order chi connectivity index (χ0) is 19.8. The second-order valence-corrected chi connectivity index (χ2v) is 7.91. The molecule has 2 aliphatic rings. The van der Waals surface area contributed by atoms with E-state index in [1.54, 1.807) is 0 Å². The molecule has 2 aliphatic heterocycles. The number of benzene rings is 2. The van der Waals surface area contributed by atoms with E-state index in [4.69, 9.17) is 5.73 Å². The quantitative estimate of drug-likeness (QED) is 0.625. The number of aliphatic imine (C=N–C) groups is 2. The Kier molecular flexibility index (Phi) is 4.48. The van der Waals surface area contributed by atoms with Crippen LogP contribution in [0.5, 0.6) is 0 Å². The van der Waals surface area contributed by atoms with Crippen LogP contribution in [0.25, 0.3) is 10.9 Å². The molecular weight excluding hydrogens is 384 g/mol. The van der Waals surface area contributed by atoms with Gasteiger partial charge in [0.1, 0.15) is 0 Å². The average molecular weight is 404 g/mol. The van der Waals surface area contributed by atoms with E-state index in [1.807, 2.05) is 53.6 Å². The molecule has 0 bridgehead atoms. The number of carbonyl (C=O) groups excluding carboxylic acids is 1. The third-order valence-electron chi connectivity index (χ3n) is 5.16. The molecule has 0 radical (unpaired) electrons. The molecule has 1 atom stereocenters. The van der Waals surface area contributed by atoms with E-state index in [2.05, 4.69) is 26.4 Å². The third kappa shape index (κ3) is 3.36. The number of guanidine groups is 1. The summed E-state index contributed by atoms with van der Waals surface area (Å²) in [5, 5.41) is 4.65. The first kappa shape index (κ1) is 17.8. The van der Waals surface area contributed by atoms with Gasteiger partial charge < -0.3 is 20.9 Å². The lowest BCUT2D eigenvalue weighted by atomic mass is 10.1. The van der Waals surface area contributed by atoms with Gasteiger partial charge in [0.25, 0.3) is 0 Å². The maximum Gasteiger partial charge on any atom is 0.237 e. The van der Waals surface area contributed by atoms with Crippen LogP contribution in [0.4, 0.5) is 5.69 Å².